The van der Waals surface area contributed by atoms with E-state index < -0.39 is 24.0 Å². The lowest BCUT2D eigenvalue weighted by molar-refractivity contribution is -0.274. The van der Waals surface area contributed by atoms with E-state index in [4.69, 9.17) is 0 Å². The van der Waals surface area contributed by atoms with Gasteiger partial charge in [-0.15, -0.1) is 13.2 Å². The highest BCUT2D eigenvalue weighted by atomic mass is 127. The molecule has 0 fully saturated rings. The van der Waals surface area contributed by atoms with Crippen molar-refractivity contribution >= 4 is 40.0 Å². The molecule has 0 aliphatic carbocycles. The zero-order valence-electron chi connectivity index (χ0n) is 16.0. The van der Waals surface area contributed by atoms with Crippen molar-refractivity contribution in [1.82, 2.24) is 9.97 Å². The van der Waals surface area contributed by atoms with E-state index in [1.807, 2.05) is 22.6 Å². The fraction of sp³-hybridized carbons (Fsp3) is 0.200. The van der Waals surface area contributed by atoms with Crippen LogP contribution in [0.2, 0.25) is 0 Å². The van der Waals surface area contributed by atoms with Crippen LogP contribution in [-0.2, 0) is 0 Å². The molecule has 0 unspecified atom stereocenters. The molecule has 1 aromatic heterocycles. The Morgan fingerprint density at radius 3 is 2.58 bits per heavy atom. The van der Waals surface area contributed by atoms with Gasteiger partial charge in [-0.25, -0.2) is 9.37 Å². The average molecular weight is 548 g/mol. The smallest absolute Gasteiger partial charge is 0.406 e. The molecule has 3 rings (SSSR count). The monoisotopic (exact) mass is 548 g/mol. The van der Waals surface area contributed by atoms with Crippen LogP contribution in [0.4, 0.5) is 35.0 Å². The molecule has 0 aliphatic rings. The van der Waals surface area contributed by atoms with Gasteiger partial charge in [0.05, 0.1) is 18.0 Å². The van der Waals surface area contributed by atoms with Crippen molar-refractivity contribution in [2.75, 3.05) is 17.2 Å². The van der Waals surface area contributed by atoms with Crippen LogP contribution < -0.4 is 15.4 Å². The average Bonchev–Trinajstić information content (AvgIpc) is 2.69. The number of nitrogens with one attached hydrogen (secondary N) is 2. The lowest BCUT2D eigenvalue weighted by Gasteiger charge is -2.15. The van der Waals surface area contributed by atoms with E-state index in [1.54, 1.807) is 25.1 Å². The summed E-state index contributed by atoms with van der Waals surface area (Å²) in [5.41, 5.74) is 0.763. The SMILES string of the molecule is C[C@@H](CO)Nc1nc(Nc2ccc(I)cc2F)cc(-c2cccc(OC(F)(F)F)c2)n1. The normalized spacial score (nSPS) is 12.4. The first-order chi connectivity index (χ1) is 14.6. The van der Waals surface area contributed by atoms with Crippen molar-refractivity contribution in [3.63, 3.8) is 0 Å². The first-order valence-corrected chi connectivity index (χ1v) is 10.1. The number of ether oxygens (including phenoxy) is 1. The Hall–Kier alpha value is -2.67. The topological polar surface area (TPSA) is 79.3 Å². The molecule has 0 bridgehead atoms. The molecule has 0 saturated carbocycles. The van der Waals surface area contributed by atoms with E-state index in [1.165, 1.54) is 30.3 Å². The van der Waals surface area contributed by atoms with E-state index in [9.17, 15) is 22.7 Å². The van der Waals surface area contributed by atoms with Crippen LogP contribution in [-0.4, -0.2) is 34.1 Å². The first kappa shape index (κ1) is 23.0. The fourth-order valence-electron chi connectivity index (χ4n) is 2.57. The molecule has 2 aromatic carbocycles. The van der Waals surface area contributed by atoms with Gasteiger partial charge >= 0.3 is 6.36 Å². The summed E-state index contributed by atoms with van der Waals surface area (Å²) in [5.74, 6) is -0.583. The Balaban J connectivity index is 2.00. The molecule has 164 valence electrons. The number of hydrogen-bond donors (Lipinski definition) is 3. The lowest BCUT2D eigenvalue weighted by Crippen LogP contribution is -2.21. The Labute approximate surface area is 188 Å². The third-order valence-electron chi connectivity index (χ3n) is 3.93. The molecule has 6 nitrogen and oxygen atoms in total. The molecule has 0 spiro atoms. The molecule has 1 atom stereocenters. The summed E-state index contributed by atoms with van der Waals surface area (Å²) in [4.78, 5) is 8.57. The van der Waals surface area contributed by atoms with Crippen LogP contribution in [0.15, 0.2) is 48.5 Å². The van der Waals surface area contributed by atoms with E-state index in [-0.39, 0.29) is 29.8 Å². The molecule has 1 heterocycles. The Kier molecular flexibility index (Phi) is 7.15. The van der Waals surface area contributed by atoms with Crippen LogP contribution in [0.25, 0.3) is 11.3 Å². The highest BCUT2D eigenvalue weighted by Crippen LogP contribution is 2.30. The lowest BCUT2D eigenvalue weighted by atomic mass is 10.1. The maximum Gasteiger partial charge on any atom is 0.573 e. The number of anilines is 3. The Morgan fingerprint density at radius 2 is 1.90 bits per heavy atom. The van der Waals surface area contributed by atoms with Crippen molar-refractivity contribution in [3.05, 3.63) is 57.9 Å². The number of hydrogen-bond acceptors (Lipinski definition) is 6. The molecule has 0 amide bonds. The molecule has 0 radical (unpaired) electrons. The summed E-state index contributed by atoms with van der Waals surface area (Å²) in [7, 11) is 0. The van der Waals surface area contributed by atoms with Gasteiger partial charge in [-0.05, 0) is 59.8 Å². The second kappa shape index (κ2) is 9.64. The van der Waals surface area contributed by atoms with Gasteiger partial charge in [-0.1, -0.05) is 12.1 Å². The van der Waals surface area contributed by atoms with Crippen LogP contribution in [0, 0.1) is 9.39 Å². The molecule has 0 aliphatic heterocycles. The number of aromatic nitrogens is 2. The number of rotatable bonds is 7. The zero-order valence-corrected chi connectivity index (χ0v) is 18.2. The van der Waals surface area contributed by atoms with E-state index >= 15 is 0 Å². The molecule has 0 saturated heterocycles. The first-order valence-electron chi connectivity index (χ1n) is 8.97. The highest BCUT2D eigenvalue weighted by molar-refractivity contribution is 14.1. The zero-order chi connectivity index (χ0) is 22.6. The number of alkyl halides is 3. The van der Waals surface area contributed by atoms with E-state index in [2.05, 4.69) is 25.3 Å². The van der Waals surface area contributed by atoms with Gasteiger partial charge < -0.3 is 20.5 Å². The van der Waals surface area contributed by atoms with Crippen molar-refractivity contribution in [2.24, 2.45) is 0 Å². The van der Waals surface area contributed by atoms with Gasteiger partial charge in [0.1, 0.15) is 17.4 Å². The molecule has 31 heavy (non-hydrogen) atoms. The Morgan fingerprint density at radius 1 is 1.13 bits per heavy atom. The largest absolute Gasteiger partial charge is 0.573 e. The van der Waals surface area contributed by atoms with Crippen molar-refractivity contribution in [2.45, 2.75) is 19.3 Å². The maximum absolute atomic E-state index is 14.3. The number of nitrogens with zero attached hydrogens (tertiary/aromatic N) is 2. The van der Waals surface area contributed by atoms with Crippen molar-refractivity contribution in [1.29, 1.82) is 0 Å². The summed E-state index contributed by atoms with van der Waals surface area (Å²) in [6.07, 6.45) is -4.83. The number of halogens is 5. The minimum atomic E-state index is -4.83. The number of aliphatic hydroxyl groups is 1. The van der Waals surface area contributed by atoms with Gasteiger partial charge in [0.2, 0.25) is 5.95 Å². The van der Waals surface area contributed by atoms with Gasteiger partial charge in [0, 0.05) is 21.2 Å². The van der Waals surface area contributed by atoms with Gasteiger partial charge in [-0.2, -0.15) is 4.98 Å². The minimum absolute atomic E-state index is 0.106. The van der Waals surface area contributed by atoms with E-state index in [0.29, 0.717) is 9.13 Å². The summed E-state index contributed by atoms with van der Waals surface area (Å²) < 4.78 is 56.6. The van der Waals surface area contributed by atoms with Crippen molar-refractivity contribution < 1.29 is 27.4 Å². The van der Waals surface area contributed by atoms with Crippen LogP contribution in [0.1, 0.15) is 6.92 Å². The fourth-order valence-corrected chi connectivity index (χ4v) is 3.02. The quantitative estimate of drug-likeness (QED) is 0.274. The predicted octanol–water partition coefficient (Wildman–Crippen LogP) is 5.32. The summed E-state index contributed by atoms with van der Waals surface area (Å²) in [5, 5.41) is 15.0. The third-order valence-corrected chi connectivity index (χ3v) is 4.60. The van der Waals surface area contributed by atoms with Crippen LogP contribution in [0.3, 0.4) is 0 Å². The van der Waals surface area contributed by atoms with Crippen molar-refractivity contribution in [3.8, 4) is 17.0 Å². The Bertz CT molecular complexity index is 1070. The molecular weight excluding hydrogens is 531 g/mol. The van der Waals surface area contributed by atoms with Crippen LogP contribution >= 0.6 is 22.6 Å². The molecule has 3 N–H and O–H groups in total. The summed E-state index contributed by atoms with van der Waals surface area (Å²) in [6, 6.07) is 11.0. The molecular formula is C20H17F4IN4O2. The summed E-state index contributed by atoms with van der Waals surface area (Å²) in [6.45, 7) is 1.50. The van der Waals surface area contributed by atoms with Gasteiger partial charge in [0.15, 0.2) is 0 Å². The summed E-state index contributed by atoms with van der Waals surface area (Å²) >= 11 is 1.98. The predicted molar refractivity (Wildman–Crippen MR) is 117 cm³/mol. The second-order valence-electron chi connectivity index (χ2n) is 6.51. The number of aliphatic hydroxyl groups excluding tert-OH is 1. The van der Waals surface area contributed by atoms with E-state index in [0.717, 1.165) is 0 Å². The standard InChI is InChI=1S/C20H17F4IN4O2/c1-11(10-30)26-19-28-17(12-3-2-4-14(7-12)31-20(22,23)24)9-18(29-19)27-16-6-5-13(25)8-15(16)21/h2-9,11,30H,10H2,1H3,(H2,26,27,28,29)/t11-/m0/s1. The van der Waals surface area contributed by atoms with Gasteiger partial charge in [-0.3, -0.25) is 0 Å². The second-order valence-corrected chi connectivity index (χ2v) is 7.76. The third kappa shape index (κ3) is 6.66. The van der Waals surface area contributed by atoms with Gasteiger partial charge in [0.25, 0.3) is 0 Å². The van der Waals surface area contributed by atoms with Crippen LogP contribution in [0.5, 0.6) is 5.75 Å². The number of benzene rings is 2. The molecule has 11 heteroatoms. The minimum Gasteiger partial charge on any atom is -0.406 e. The maximum atomic E-state index is 14.3. The highest BCUT2D eigenvalue weighted by Gasteiger charge is 2.31. The molecule has 3 aromatic rings.